The van der Waals surface area contributed by atoms with E-state index in [1.54, 1.807) is 36.4 Å². The SMILES string of the molecule is COc1ccc(OC)c(N(CC(=O)NC2CC2)S(=O)(=O)c2ccccc2)c1. The molecule has 0 unspecified atom stereocenters. The molecule has 0 saturated heterocycles. The normalized spacial score (nSPS) is 13.7. The number of nitrogens with one attached hydrogen (secondary N) is 1. The molecule has 0 atom stereocenters. The number of carbonyl (C=O) groups is 1. The number of methoxy groups -OCH3 is 2. The van der Waals surface area contributed by atoms with Crippen LogP contribution in [-0.2, 0) is 14.8 Å². The molecule has 1 fully saturated rings. The molecule has 1 saturated carbocycles. The summed E-state index contributed by atoms with van der Waals surface area (Å²) in [6.07, 6.45) is 1.83. The van der Waals surface area contributed by atoms with Crippen molar-refractivity contribution in [2.45, 2.75) is 23.8 Å². The molecule has 0 bridgehead atoms. The van der Waals surface area contributed by atoms with Crippen molar-refractivity contribution >= 4 is 21.6 Å². The zero-order valence-electron chi connectivity index (χ0n) is 15.2. The third-order valence-electron chi connectivity index (χ3n) is 4.22. The van der Waals surface area contributed by atoms with Gasteiger partial charge in [-0.25, -0.2) is 8.42 Å². The number of anilines is 1. The highest BCUT2D eigenvalue weighted by Gasteiger charge is 2.31. The van der Waals surface area contributed by atoms with Gasteiger partial charge in [0.25, 0.3) is 10.0 Å². The fraction of sp³-hybridized carbons (Fsp3) is 0.316. The van der Waals surface area contributed by atoms with Crippen molar-refractivity contribution in [2.75, 3.05) is 25.1 Å². The van der Waals surface area contributed by atoms with Crippen molar-refractivity contribution in [1.29, 1.82) is 0 Å². The maximum atomic E-state index is 13.3. The van der Waals surface area contributed by atoms with Gasteiger partial charge < -0.3 is 14.8 Å². The average molecular weight is 390 g/mol. The van der Waals surface area contributed by atoms with Gasteiger partial charge in [-0.05, 0) is 37.1 Å². The number of hydrogen-bond acceptors (Lipinski definition) is 5. The van der Waals surface area contributed by atoms with Gasteiger partial charge in [0.05, 0.1) is 24.8 Å². The second-order valence-corrected chi connectivity index (χ2v) is 8.07. The van der Waals surface area contributed by atoms with E-state index >= 15 is 0 Å². The van der Waals surface area contributed by atoms with Gasteiger partial charge in [-0.2, -0.15) is 0 Å². The summed E-state index contributed by atoms with van der Waals surface area (Å²) in [5.74, 6) is 0.429. The van der Waals surface area contributed by atoms with Crippen molar-refractivity contribution in [3.63, 3.8) is 0 Å². The third-order valence-corrected chi connectivity index (χ3v) is 5.99. The van der Waals surface area contributed by atoms with Crippen LogP contribution in [0.5, 0.6) is 11.5 Å². The lowest BCUT2D eigenvalue weighted by Gasteiger charge is -2.26. The molecular weight excluding hydrogens is 368 g/mol. The summed E-state index contributed by atoms with van der Waals surface area (Å²) < 4.78 is 38.2. The number of rotatable bonds is 8. The van der Waals surface area contributed by atoms with Gasteiger partial charge in [-0.1, -0.05) is 18.2 Å². The first kappa shape index (κ1) is 19.0. The van der Waals surface area contributed by atoms with E-state index < -0.39 is 10.0 Å². The topological polar surface area (TPSA) is 84.9 Å². The maximum absolute atomic E-state index is 13.3. The van der Waals surface area contributed by atoms with Crippen molar-refractivity contribution in [3.05, 3.63) is 48.5 Å². The van der Waals surface area contributed by atoms with E-state index in [2.05, 4.69) is 5.32 Å². The third kappa shape index (κ3) is 4.33. The van der Waals surface area contributed by atoms with Gasteiger partial charge in [0.1, 0.15) is 18.0 Å². The molecule has 0 heterocycles. The smallest absolute Gasteiger partial charge is 0.264 e. The lowest BCUT2D eigenvalue weighted by molar-refractivity contribution is -0.119. The van der Waals surface area contributed by atoms with E-state index in [1.807, 2.05) is 0 Å². The lowest BCUT2D eigenvalue weighted by atomic mass is 10.2. The van der Waals surface area contributed by atoms with Crippen LogP contribution in [0.25, 0.3) is 0 Å². The largest absolute Gasteiger partial charge is 0.497 e. The summed E-state index contributed by atoms with van der Waals surface area (Å²) in [7, 11) is -1.05. The quantitative estimate of drug-likeness (QED) is 0.747. The summed E-state index contributed by atoms with van der Waals surface area (Å²) in [4.78, 5) is 12.5. The minimum Gasteiger partial charge on any atom is -0.497 e. The number of hydrogen-bond donors (Lipinski definition) is 1. The zero-order valence-corrected chi connectivity index (χ0v) is 16.0. The molecule has 0 aliphatic heterocycles. The minimum absolute atomic E-state index is 0.0918. The Balaban J connectivity index is 2.05. The number of carbonyl (C=O) groups excluding carboxylic acids is 1. The highest BCUT2D eigenvalue weighted by molar-refractivity contribution is 7.92. The molecule has 3 rings (SSSR count). The van der Waals surface area contributed by atoms with Crippen molar-refractivity contribution in [2.24, 2.45) is 0 Å². The Labute approximate surface area is 158 Å². The second-order valence-electron chi connectivity index (χ2n) is 6.20. The first-order valence-corrected chi connectivity index (χ1v) is 9.99. The van der Waals surface area contributed by atoms with Crippen LogP contribution in [0.1, 0.15) is 12.8 Å². The monoisotopic (exact) mass is 390 g/mol. The Morgan fingerprint density at radius 1 is 1.11 bits per heavy atom. The molecule has 8 heteroatoms. The molecule has 2 aromatic rings. The molecule has 27 heavy (non-hydrogen) atoms. The minimum atomic E-state index is -3.99. The van der Waals surface area contributed by atoms with Crippen LogP contribution in [0.15, 0.2) is 53.4 Å². The standard InChI is InChI=1S/C19H22N2O5S/c1-25-15-10-11-18(26-2)17(12-15)21(13-19(22)20-14-8-9-14)27(23,24)16-6-4-3-5-7-16/h3-7,10-12,14H,8-9,13H2,1-2H3,(H,20,22). The van der Waals surface area contributed by atoms with Crippen LogP contribution in [0.2, 0.25) is 0 Å². The summed E-state index contributed by atoms with van der Waals surface area (Å²) >= 11 is 0. The van der Waals surface area contributed by atoms with Crippen LogP contribution >= 0.6 is 0 Å². The maximum Gasteiger partial charge on any atom is 0.264 e. The predicted molar refractivity (Wildman–Crippen MR) is 102 cm³/mol. The molecule has 7 nitrogen and oxygen atoms in total. The highest BCUT2D eigenvalue weighted by atomic mass is 32.2. The second kappa shape index (κ2) is 7.87. The number of nitrogens with zero attached hydrogens (tertiary/aromatic N) is 1. The number of sulfonamides is 1. The van der Waals surface area contributed by atoms with E-state index in [0.29, 0.717) is 11.5 Å². The molecule has 0 aromatic heterocycles. The van der Waals surface area contributed by atoms with Crippen LogP contribution < -0.4 is 19.1 Å². The van der Waals surface area contributed by atoms with Gasteiger partial charge in [-0.15, -0.1) is 0 Å². The van der Waals surface area contributed by atoms with Crippen LogP contribution in [0.3, 0.4) is 0 Å². The molecule has 2 aromatic carbocycles. The number of benzene rings is 2. The van der Waals surface area contributed by atoms with E-state index in [-0.39, 0.29) is 29.1 Å². The molecule has 1 aliphatic rings. The van der Waals surface area contributed by atoms with Gasteiger partial charge in [0, 0.05) is 12.1 Å². The van der Waals surface area contributed by atoms with Crippen LogP contribution in [-0.4, -0.2) is 41.1 Å². The van der Waals surface area contributed by atoms with Crippen LogP contribution in [0, 0.1) is 0 Å². The Bertz CT molecular complexity index is 911. The summed E-state index contributed by atoms with van der Waals surface area (Å²) in [6.45, 7) is -0.350. The fourth-order valence-corrected chi connectivity index (χ4v) is 4.09. The Hall–Kier alpha value is -2.74. The summed E-state index contributed by atoms with van der Waals surface area (Å²) in [6, 6.07) is 12.9. The predicted octanol–water partition coefficient (Wildman–Crippen LogP) is 2.18. The van der Waals surface area contributed by atoms with Crippen molar-refractivity contribution < 1.29 is 22.7 Å². The molecule has 1 N–H and O–H groups in total. The molecule has 144 valence electrons. The van der Waals surface area contributed by atoms with Crippen LogP contribution in [0.4, 0.5) is 5.69 Å². The van der Waals surface area contributed by atoms with Gasteiger partial charge in [-0.3, -0.25) is 9.10 Å². The Morgan fingerprint density at radius 3 is 2.41 bits per heavy atom. The lowest BCUT2D eigenvalue weighted by Crippen LogP contribution is -2.41. The average Bonchev–Trinajstić information content (AvgIpc) is 3.50. The molecule has 0 spiro atoms. The highest BCUT2D eigenvalue weighted by Crippen LogP contribution is 2.35. The van der Waals surface area contributed by atoms with E-state index in [4.69, 9.17) is 9.47 Å². The molecule has 1 aliphatic carbocycles. The first-order valence-electron chi connectivity index (χ1n) is 8.55. The Morgan fingerprint density at radius 2 is 1.81 bits per heavy atom. The molecule has 0 radical (unpaired) electrons. The van der Waals surface area contributed by atoms with Gasteiger partial charge >= 0.3 is 0 Å². The van der Waals surface area contributed by atoms with Gasteiger partial charge in [0.15, 0.2) is 0 Å². The molecule has 1 amide bonds. The van der Waals surface area contributed by atoms with E-state index in [9.17, 15) is 13.2 Å². The Kier molecular flexibility index (Phi) is 5.55. The summed E-state index contributed by atoms with van der Waals surface area (Å²) in [5.41, 5.74) is 0.242. The first-order chi connectivity index (χ1) is 13.0. The summed E-state index contributed by atoms with van der Waals surface area (Å²) in [5, 5.41) is 2.83. The van der Waals surface area contributed by atoms with E-state index in [1.165, 1.54) is 26.4 Å². The van der Waals surface area contributed by atoms with Crippen molar-refractivity contribution in [1.82, 2.24) is 5.32 Å². The van der Waals surface area contributed by atoms with Crippen molar-refractivity contribution in [3.8, 4) is 11.5 Å². The number of ether oxygens (including phenoxy) is 2. The van der Waals surface area contributed by atoms with Gasteiger partial charge in [0.2, 0.25) is 5.91 Å². The zero-order chi connectivity index (χ0) is 19.4. The number of amides is 1. The van der Waals surface area contributed by atoms with E-state index in [0.717, 1.165) is 17.1 Å². The fourth-order valence-electron chi connectivity index (χ4n) is 2.64. The molecular formula is C19H22N2O5S.